The molecule has 0 radical (unpaired) electrons. The van der Waals surface area contributed by atoms with Crippen molar-refractivity contribution in [2.24, 2.45) is 11.8 Å². The van der Waals surface area contributed by atoms with E-state index in [0.29, 0.717) is 12.8 Å². The van der Waals surface area contributed by atoms with E-state index in [1.165, 1.54) is 51.4 Å². The van der Waals surface area contributed by atoms with Crippen LogP contribution in [0.15, 0.2) is 0 Å². The summed E-state index contributed by atoms with van der Waals surface area (Å²) in [6, 6.07) is 0. The summed E-state index contributed by atoms with van der Waals surface area (Å²) in [6.45, 7) is 9.13. The maximum absolute atomic E-state index is 12.1. The molecule has 0 spiro atoms. The minimum absolute atomic E-state index is 0. The van der Waals surface area contributed by atoms with Gasteiger partial charge in [-0.3, -0.25) is 9.59 Å². The minimum Gasteiger partial charge on any atom is -0.747 e. The third kappa shape index (κ3) is 25.9. The van der Waals surface area contributed by atoms with Crippen LogP contribution in [-0.2, 0) is 29.2 Å². The second-order valence-corrected chi connectivity index (χ2v) is 12.4. The Morgan fingerprint density at radius 2 is 0.973 bits per heavy atom. The van der Waals surface area contributed by atoms with Gasteiger partial charge in [-0.2, -0.15) is 0 Å². The molecule has 1 unspecified atom stereocenters. The van der Waals surface area contributed by atoms with Crippen LogP contribution in [0, 0.1) is 11.8 Å². The molecule has 0 saturated carbocycles. The molecule has 0 aromatic carbocycles. The molecule has 0 aliphatic carbocycles. The van der Waals surface area contributed by atoms with E-state index in [1.807, 2.05) is 0 Å². The van der Waals surface area contributed by atoms with E-state index in [1.54, 1.807) is 0 Å². The second kappa shape index (κ2) is 24.9. The van der Waals surface area contributed by atoms with Gasteiger partial charge < -0.3 is 14.0 Å². The Morgan fingerprint density at radius 3 is 1.35 bits per heavy atom. The Labute approximate surface area is 249 Å². The monoisotopic (exact) mass is 556 g/mol. The minimum atomic E-state index is -5.01. The number of esters is 2. The normalized spacial score (nSPS) is 12.4. The van der Waals surface area contributed by atoms with Crippen molar-refractivity contribution in [1.82, 2.24) is 0 Å². The summed E-state index contributed by atoms with van der Waals surface area (Å²) in [5.74, 6) is -0.523. The van der Waals surface area contributed by atoms with Crippen LogP contribution in [0.3, 0.4) is 0 Å². The Morgan fingerprint density at radius 1 is 0.622 bits per heavy atom. The summed E-state index contributed by atoms with van der Waals surface area (Å²) < 4.78 is 44.6. The van der Waals surface area contributed by atoms with Crippen LogP contribution in [0.5, 0.6) is 0 Å². The van der Waals surface area contributed by atoms with Gasteiger partial charge in [0, 0.05) is 0 Å². The number of rotatable bonds is 24. The van der Waals surface area contributed by atoms with Gasteiger partial charge in [0.2, 0.25) is 0 Å². The van der Waals surface area contributed by atoms with E-state index >= 15 is 0 Å². The Hall–Kier alpha value is -0.150. The first-order chi connectivity index (χ1) is 17.0. The van der Waals surface area contributed by atoms with Crippen molar-refractivity contribution >= 4 is 22.1 Å². The van der Waals surface area contributed by atoms with Gasteiger partial charge in [0.25, 0.3) is 0 Å². The van der Waals surface area contributed by atoms with Gasteiger partial charge >= 0.3 is 41.5 Å². The van der Waals surface area contributed by atoms with Crippen LogP contribution in [0.1, 0.15) is 137 Å². The van der Waals surface area contributed by atoms with Gasteiger partial charge in [-0.05, 0) is 24.7 Å². The summed E-state index contributed by atoms with van der Waals surface area (Å²) >= 11 is 0. The van der Waals surface area contributed by atoms with Gasteiger partial charge in [0.1, 0.15) is 10.1 Å². The first-order valence-electron chi connectivity index (χ1n) is 14.3. The number of hydrogen-bond donors (Lipinski definition) is 0. The Bertz CT molecular complexity index is 665. The van der Waals surface area contributed by atoms with Crippen molar-refractivity contribution in [2.75, 3.05) is 13.2 Å². The largest absolute Gasteiger partial charge is 1.00 e. The summed E-state index contributed by atoms with van der Waals surface area (Å²) in [5, 5.41) is -2.04. The van der Waals surface area contributed by atoms with Crippen LogP contribution in [0.2, 0.25) is 0 Å². The number of ether oxygens (including phenoxy) is 2. The first-order valence-corrected chi connectivity index (χ1v) is 15.8. The van der Waals surface area contributed by atoms with E-state index in [4.69, 9.17) is 9.47 Å². The van der Waals surface area contributed by atoms with E-state index in [0.717, 1.165) is 50.4 Å². The van der Waals surface area contributed by atoms with Crippen molar-refractivity contribution in [3.8, 4) is 0 Å². The van der Waals surface area contributed by atoms with Gasteiger partial charge in [-0.1, -0.05) is 118 Å². The molecule has 0 rings (SSSR count). The molecule has 0 amide bonds. The third-order valence-electron chi connectivity index (χ3n) is 6.32. The SMILES string of the molecule is CC(C)CCCCCCCCCOC(=O)CC(C(=O)OCCCCCCCCCC(C)C)S(=O)(=O)[O-].[Na+]. The van der Waals surface area contributed by atoms with Crippen molar-refractivity contribution in [2.45, 2.75) is 142 Å². The molecule has 214 valence electrons. The quantitative estimate of drug-likeness (QED) is 0.0767. The van der Waals surface area contributed by atoms with E-state index in [9.17, 15) is 22.6 Å². The van der Waals surface area contributed by atoms with Crippen LogP contribution >= 0.6 is 0 Å². The number of carbonyl (C=O) groups excluding carboxylic acids is 2. The summed E-state index contributed by atoms with van der Waals surface area (Å²) in [7, 11) is -5.01. The zero-order chi connectivity index (χ0) is 27.2. The average Bonchev–Trinajstić information content (AvgIpc) is 2.78. The molecule has 0 aliphatic rings. The molecular weight excluding hydrogens is 503 g/mol. The molecule has 0 N–H and O–H groups in total. The molecule has 0 bridgehead atoms. The number of hydrogen-bond acceptors (Lipinski definition) is 7. The predicted octanol–water partition coefficient (Wildman–Crippen LogP) is 3.93. The summed E-state index contributed by atoms with van der Waals surface area (Å²) in [6.07, 6.45) is 16.5. The third-order valence-corrected chi connectivity index (χ3v) is 7.38. The average molecular weight is 557 g/mol. The van der Waals surface area contributed by atoms with Crippen molar-refractivity contribution < 1.29 is 61.6 Å². The van der Waals surface area contributed by atoms with Crippen LogP contribution in [0.25, 0.3) is 0 Å². The smallest absolute Gasteiger partial charge is 0.747 e. The van der Waals surface area contributed by atoms with E-state index < -0.39 is 33.7 Å². The van der Waals surface area contributed by atoms with Crippen molar-refractivity contribution in [1.29, 1.82) is 0 Å². The zero-order valence-electron chi connectivity index (χ0n) is 24.4. The summed E-state index contributed by atoms with van der Waals surface area (Å²) in [5.41, 5.74) is 0. The van der Waals surface area contributed by atoms with Crippen LogP contribution in [-0.4, -0.2) is 43.4 Å². The van der Waals surface area contributed by atoms with Crippen LogP contribution < -0.4 is 29.6 Å². The zero-order valence-corrected chi connectivity index (χ0v) is 27.2. The maximum Gasteiger partial charge on any atom is 1.00 e. The molecule has 0 aromatic heterocycles. The molecule has 37 heavy (non-hydrogen) atoms. The fraction of sp³-hybridized carbons (Fsp3) is 0.929. The molecule has 0 aliphatic heterocycles. The fourth-order valence-electron chi connectivity index (χ4n) is 4.04. The molecule has 0 saturated heterocycles. The molecule has 1 atom stereocenters. The van der Waals surface area contributed by atoms with Gasteiger partial charge in [-0.25, -0.2) is 8.42 Å². The molecule has 0 fully saturated rings. The first kappa shape index (κ1) is 39.0. The second-order valence-electron chi connectivity index (χ2n) is 10.9. The molecule has 0 aromatic rings. The predicted molar refractivity (Wildman–Crippen MR) is 144 cm³/mol. The molecular formula is C28H53NaO7S. The van der Waals surface area contributed by atoms with Crippen molar-refractivity contribution in [3.63, 3.8) is 0 Å². The van der Waals surface area contributed by atoms with Crippen molar-refractivity contribution in [3.05, 3.63) is 0 Å². The van der Waals surface area contributed by atoms with Gasteiger partial charge in [-0.15, -0.1) is 0 Å². The molecule has 9 heteroatoms. The molecule has 0 heterocycles. The Kier molecular flexibility index (Phi) is 26.2. The topological polar surface area (TPSA) is 110 Å². The van der Waals surface area contributed by atoms with Crippen LogP contribution in [0.4, 0.5) is 0 Å². The van der Waals surface area contributed by atoms with E-state index in [2.05, 4.69) is 27.7 Å². The Balaban J connectivity index is 0. The number of unbranched alkanes of at least 4 members (excludes halogenated alkanes) is 12. The van der Waals surface area contributed by atoms with E-state index in [-0.39, 0.29) is 42.8 Å². The maximum atomic E-state index is 12.1. The fourth-order valence-corrected chi connectivity index (χ4v) is 4.69. The van der Waals surface area contributed by atoms with Gasteiger partial charge in [0.15, 0.2) is 5.25 Å². The van der Waals surface area contributed by atoms with Gasteiger partial charge in [0.05, 0.1) is 19.6 Å². The standard InChI is InChI=1S/C28H54O7S.Na/c1-24(2)19-15-11-7-5-9-13-17-21-34-27(29)23-26(36(31,32)33)28(30)35-22-18-14-10-6-8-12-16-20-25(3)4;/h24-26H,5-23H2,1-4H3,(H,31,32,33);/q;+1/p-1. The molecule has 7 nitrogen and oxygen atoms in total. The summed E-state index contributed by atoms with van der Waals surface area (Å²) in [4.78, 5) is 24.1. The number of carbonyl (C=O) groups is 2.